The van der Waals surface area contributed by atoms with Crippen molar-refractivity contribution < 1.29 is 27.2 Å². The molecule has 178 valence electrons. The number of anilines is 2. The molecule has 0 atom stereocenters. The van der Waals surface area contributed by atoms with Crippen LogP contribution in [0.25, 0.3) is 0 Å². The fraction of sp³-hybridized carbons (Fsp3) is 0.400. The first kappa shape index (κ1) is 27.6. The van der Waals surface area contributed by atoms with Crippen LogP contribution >= 0.6 is 15.5 Å². The van der Waals surface area contributed by atoms with E-state index in [0.717, 1.165) is 0 Å². The topological polar surface area (TPSA) is 95.1 Å². The summed E-state index contributed by atoms with van der Waals surface area (Å²) < 4.78 is 48.7. The summed E-state index contributed by atoms with van der Waals surface area (Å²) in [6.45, 7) is 8.32. The Morgan fingerprint density at radius 2 is 0.875 bits per heavy atom. The quantitative estimate of drug-likeness (QED) is 0.229. The van der Waals surface area contributed by atoms with Crippen LogP contribution in [0.15, 0.2) is 48.5 Å². The van der Waals surface area contributed by atoms with E-state index in [2.05, 4.69) is 10.2 Å². The number of rotatable bonds is 15. The van der Waals surface area contributed by atoms with Crippen molar-refractivity contribution in [2.45, 2.75) is 27.7 Å². The van der Waals surface area contributed by atoms with Gasteiger partial charge in [-0.1, -0.05) is 0 Å². The predicted octanol–water partition coefficient (Wildman–Crippen LogP) is 4.15. The number of nitrogens with one attached hydrogen (secondary N) is 2. The number of benzene rings is 2. The summed E-state index contributed by atoms with van der Waals surface area (Å²) in [6, 6.07) is 15.7. The molecule has 2 rings (SSSR count). The summed E-state index contributed by atoms with van der Waals surface area (Å²) in [4.78, 5) is 0. The van der Waals surface area contributed by atoms with Crippen molar-refractivity contribution in [3.05, 3.63) is 48.5 Å². The van der Waals surface area contributed by atoms with Crippen LogP contribution in [0, 0.1) is 0 Å². The van der Waals surface area contributed by atoms with E-state index in [1.807, 2.05) is 48.5 Å². The van der Waals surface area contributed by atoms with Crippen molar-refractivity contribution in [3.8, 4) is 0 Å². The molecule has 2 N–H and O–H groups in total. The molecule has 2 aromatic carbocycles. The Hall–Kier alpha value is -0.621. The van der Waals surface area contributed by atoms with Gasteiger partial charge in [-0.3, -0.25) is 0 Å². The third kappa shape index (κ3) is 9.32. The second-order valence-corrected chi connectivity index (χ2v) is 15.9. The molecular formula is C20H30N2O6P2Se2. The van der Waals surface area contributed by atoms with Crippen LogP contribution in [0.3, 0.4) is 0 Å². The summed E-state index contributed by atoms with van der Waals surface area (Å²) in [6.07, 6.45) is 0. The fourth-order valence-electron chi connectivity index (χ4n) is 2.47. The Bertz CT molecular complexity index is 820. The average molecular weight is 614 g/mol. The van der Waals surface area contributed by atoms with Gasteiger partial charge in [-0.05, 0) is 0 Å². The molecule has 0 heterocycles. The third-order valence-corrected chi connectivity index (χ3v) is 14.4. The van der Waals surface area contributed by atoms with Gasteiger partial charge >= 0.3 is 202 Å². The van der Waals surface area contributed by atoms with E-state index in [0.29, 0.717) is 37.8 Å². The molecule has 0 bridgehead atoms. The molecule has 0 aliphatic heterocycles. The van der Waals surface area contributed by atoms with Crippen LogP contribution in [0.1, 0.15) is 27.7 Å². The second-order valence-electron chi connectivity index (χ2n) is 6.11. The van der Waals surface area contributed by atoms with Gasteiger partial charge in [0.25, 0.3) is 0 Å². The van der Waals surface area contributed by atoms with Crippen molar-refractivity contribution in [1.82, 2.24) is 0 Å². The third-order valence-electron chi connectivity index (χ3n) is 3.67. The summed E-state index contributed by atoms with van der Waals surface area (Å²) in [5, 5.41) is 5.75. The monoisotopic (exact) mass is 616 g/mol. The molecule has 2 aromatic rings. The van der Waals surface area contributed by atoms with Gasteiger partial charge in [0, 0.05) is 0 Å². The molecular weight excluding hydrogens is 584 g/mol. The van der Waals surface area contributed by atoms with Gasteiger partial charge in [-0.25, -0.2) is 0 Å². The molecule has 0 aliphatic rings. The minimum absolute atomic E-state index is 0.288. The standard InChI is InChI=1S/C20H30N2O6P2Se2/c1-5-25-29(23,26-6-2)21-17-9-13-19(14-10-17)31-32-20-15-11-18(12-16-20)22-30(24,27-7-3)28-8-4/h9-16H,5-8H2,1-4H3,(H,21,23)(H,22,24). The maximum absolute atomic E-state index is 12.6. The van der Waals surface area contributed by atoms with Gasteiger partial charge in [0.05, 0.1) is 0 Å². The Kier molecular flexibility index (Phi) is 12.0. The van der Waals surface area contributed by atoms with E-state index < -0.39 is 15.5 Å². The van der Waals surface area contributed by atoms with Crippen molar-refractivity contribution in [1.29, 1.82) is 0 Å². The number of hydrogen-bond donors (Lipinski definition) is 2. The van der Waals surface area contributed by atoms with Crippen LogP contribution in [-0.2, 0) is 27.2 Å². The van der Waals surface area contributed by atoms with Crippen molar-refractivity contribution in [2.75, 3.05) is 36.6 Å². The predicted molar refractivity (Wildman–Crippen MR) is 133 cm³/mol. The SMILES string of the molecule is CCOP(=O)(Nc1ccc([Se][Se]c2ccc(NP(=O)(OCC)OCC)cc2)cc1)OCC. The minimum atomic E-state index is -3.33. The first-order valence-corrected chi connectivity index (χ1v) is 19.4. The van der Waals surface area contributed by atoms with Crippen molar-refractivity contribution >= 4 is 62.1 Å². The molecule has 0 fully saturated rings. The van der Waals surface area contributed by atoms with Gasteiger partial charge in [0.15, 0.2) is 0 Å². The molecule has 0 spiro atoms. The molecule has 0 saturated heterocycles. The summed E-state index contributed by atoms with van der Waals surface area (Å²) >= 11 is 0.575. The van der Waals surface area contributed by atoms with Crippen molar-refractivity contribution in [2.24, 2.45) is 0 Å². The van der Waals surface area contributed by atoms with E-state index in [1.54, 1.807) is 27.7 Å². The van der Waals surface area contributed by atoms with E-state index in [1.165, 1.54) is 8.92 Å². The molecule has 8 nitrogen and oxygen atoms in total. The van der Waals surface area contributed by atoms with E-state index >= 15 is 0 Å². The van der Waals surface area contributed by atoms with Gasteiger partial charge in [0.1, 0.15) is 0 Å². The van der Waals surface area contributed by atoms with Gasteiger partial charge in [-0.2, -0.15) is 0 Å². The van der Waals surface area contributed by atoms with Gasteiger partial charge in [-0.15, -0.1) is 0 Å². The van der Waals surface area contributed by atoms with Crippen LogP contribution in [0.5, 0.6) is 0 Å². The zero-order chi connectivity index (χ0) is 23.5. The van der Waals surface area contributed by atoms with Crippen LogP contribution in [-0.4, -0.2) is 52.7 Å². The van der Waals surface area contributed by atoms with Crippen molar-refractivity contribution in [3.63, 3.8) is 0 Å². The summed E-state index contributed by atoms with van der Waals surface area (Å²) in [7, 11) is -6.67. The van der Waals surface area contributed by atoms with Crippen LogP contribution in [0.2, 0.25) is 0 Å². The maximum atomic E-state index is 12.6. The van der Waals surface area contributed by atoms with Gasteiger partial charge in [0.2, 0.25) is 0 Å². The van der Waals surface area contributed by atoms with Crippen LogP contribution < -0.4 is 19.1 Å². The zero-order valence-electron chi connectivity index (χ0n) is 18.6. The normalized spacial score (nSPS) is 12.0. The van der Waals surface area contributed by atoms with E-state index in [-0.39, 0.29) is 26.3 Å². The zero-order valence-corrected chi connectivity index (χ0v) is 23.8. The Labute approximate surface area is 201 Å². The molecule has 0 aromatic heterocycles. The molecule has 0 unspecified atom stereocenters. The Morgan fingerprint density at radius 1 is 0.594 bits per heavy atom. The summed E-state index contributed by atoms with van der Waals surface area (Å²) in [5.41, 5.74) is 1.40. The van der Waals surface area contributed by atoms with Crippen LogP contribution in [0.4, 0.5) is 11.4 Å². The fourth-order valence-corrected chi connectivity index (χ4v) is 11.1. The van der Waals surface area contributed by atoms with Gasteiger partial charge < -0.3 is 0 Å². The Balaban J connectivity index is 1.92. The molecule has 12 heteroatoms. The first-order chi connectivity index (χ1) is 15.3. The van der Waals surface area contributed by atoms with E-state index in [4.69, 9.17) is 18.1 Å². The molecule has 0 amide bonds. The molecule has 0 aliphatic carbocycles. The molecule has 0 radical (unpaired) electrons. The Morgan fingerprint density at radius 3 is 1.12 bits per heavy atom. The van der Waals surface area contributed by atoms with E-state index in [9.17, 15) is 9.13 Å². The first-order valence-electron chi connectivity index (χ1n) is 10.2. The molecule has 0 saturated carbocycles. The second kappa shape index (κ2) is 13.9. The average Bonchev–Trinajstić information content (AvgIpc) is 2.75. The summed E-state index contributed by atoms with van der Waals surface area (Å²) in [5.74, 6) is 0. The molecule has 32 heavy (non-hydrogen) atoms. The number of hydrogen-bond acceptors (Lipinski definition) is 6.